The van der Waals surface area contributed by atoms with E-state index in [-0.39, 0.29) is 17.9 Å². The monoisotopic (exact) mass is 195 g/mol. The Balaban J connectivity index is 1.84. The van der Waals surface area contributed by atoms with E-state index in [2.05, 4.69) is 0 Å². The number of hydrogen-bond donors (Lipinski definition) is 1. The van der Waals surface area contributed by atoms with E-state index in [0.29, 0.717) is 13.2 Å². The van der Waals surface area contributed by atoms with Crippen molar-refractivity contribution >= 4 is 5.91 Å². The van der Waals surface area contributed by atoms with Crippen molar-refractivity contribution < 1.29 is 22.7 Å². The summed E-state index contributed by atoms with van der Waals surface area (Å²) in [7, 11) is 0. The second-order valence-corrected chi connectivity index (χ2v) is 3.36. The molecule has 74 valence electrons. The zero-order chi connectivity index (χ0) is 9.64. The number of ether oxygens (including phenoxy) is 1. The lowest BCUT2D eigenvalue weighted by Crippen LogP contribution is -2.40. The first kappa shape index (κ1) is 8.80. The van der Waals surface area contributed by atoms with Crippen molar-refractivity contribution in [3.8, 4) is 0 Å². The molecule has 1 aliphatic carbocycles. The van der Waals surface area contributed by atoms with Gasteiger partial charge in [-0.3, -0.25) is 4.79 Å². The summed E-state index contributed by atoms with van der Waals surface area (Å²) in [6.07, 6.45) is -4.77. The van der Waals surface area contributed by atoms with Gasteiger partial charge < -0.3 is 10.1 Å². The summed E-state index contributed by atoms with van der Waals surface area (Å²) in [6, 6.07) is -0.317. The minimum absolute atomic E-state index is 0.103. The molecule has 3 nitrogen and oxygen atoms in total. The highest BCUT2D eigenvalue weighted by Gasteiger charge is 2.56. The van der Waals surface area contributed by atoms with Crippen LogP contribution < -0.4 is 5.32 Å². The smallest absolute Gasteiger partial charge is 0.381 e. The number of carbonyl (C=O) groups excluding carboxylic acids is 1. The van der Waals surface area contributed by atoms with Crippen LogP contribution in [0, 0.1) is 11.8 Å². The summed E-state index contributed by atoms with van der Waals surface area (Å²) >= 11 is 0. The van der Waals surface area contributed by atoms with E-state index in [9.17, 15) is 18.0 Å². The minimum atomic E-state index is -4.77. The fraction of sp³-hybridized carbons (Fsp3) is 0.857. The highest BCUT2D eigenvalue weighted by Crippen LogP contribution is 2.44. The van der Waals surface area contributed by atoms with Crippen LogP contribution in [0.15, 0.2) is 0 Å². The molecule has 1 N–H and O–H groups in total. The molecule has 0 bridgehead atoms. The molecule has 0 aromatic rings. The number of carbonyl (C=O) groups is 1. The summed E-state index contributed by atoms with van der Waals surface area (Å²) in [4.78, 5) is 10.5. The molecule has 0 spiro atoms. The predicted octanol–water partition coefficient (Wildman–Crippen LogP) is 0.310. The molecule has 1 saturated heterocycles. The minimum Gasteiger partial charge on any atom is -0.381 e. The van der Waals surface area contributed by atoms with Crippen LogP contribution in [0.4, 0.5) is 13.2 Å². The van der Waals surface area contributed by atoms with Gasteiger partial charge in [-0.2, -0.15) is 13.2 Å². The van der Waals surface area contributed by atoms with E-state index < -0.39 is 12.1 Å². The fourth-order valence-corrected chi connectivity index (χ4v) is 1.69. The second kappa shape index (κ2) is 2.60. The van der Waals surface area contributed by atoms with Crippen LogP contribution in [-0.4, -0.2) is 31.3 Å². The van der Waals surface area contributed by atoms with Crippen molar-refractivity contribution in [3.05, 3.63) is 0 Å². The maximum atomic E-state index is 11.8. The Labute approximate surface area is 72.2 Å². The zero-order valence-electron chi connectivity index (χ0n) is 6.60. The fourth-order valence-electron chi connectivity index (χ4n) is 1.69. The lowest BCUT2D eigenvalue weighted by Gasteiger charge is -2.09. The zero-order valence-corrected chi connectivity index (χ0v) is 6.60. The topological polar surface area (TPSA) is 38.3 Å². The summed E-state index contributed by atoms with van der Waals surface area (Å²) < 4.78 is 40.3. The molecular formula is C7H8F3NO2. The molecule has 2 rings (SSSR count). The van der Waals surface area contributed by atoms with Crippen molar-refractivity contribution in [2.75, 3.05) is 13.2 Å². The lowest BCUT2D eigenvalue weighted by atomic mass is 10.4. The van der Waals surface area contributed by atoms with Gasteiger partial charge >= 0.3 is 12.1 Å². The van der Waals surface area contributed by atoms with Crippen LogP contribution in [0.5, 0.6) is 0 Å². The number of alkyl halides is 3. The van der Waals surface area contributed by atoms with Gasteiger partial charge in [-0.15, -0.1) is 0 Å². The number of halogens is 3. The van der Waals surface area contributed by atoms with Gasteiger partial charge in [0, 0.05) is 17.9 Å². The Morgan fingerprint density at radius 2 is 1.85 bits per heavy atom. The Morgan fingerprint density at radius 1 is 1.31 bits per heavy atom. The summed E-state index contributed by atoms with van der Waals surface area (Å²) in [6.45, 7) is 0.931. The molecule has 1 heterocycles. The summed E-state index contributed by atoms with van der Waals surface area (Å²) in [5.74, 6) is -1.63. The molecular weight excluding hydrogens is 187 g/mol. The highest BCUT2D eigenvalue weighted by atomic mass is 19.4. The molecule has 6 heteroatoms. The predicted molar refractivity (Wildman–Crippen MR) is 35.8 cm³/mol. The van der Waals surface area contributed by atoms with Crippen molar-refractivity contribution in [1.29, 1.82) is 0 Å². The summed E-state index contributed by atoms with van der Waals surface area (Å²) in [5, 5.41) is 1.95. The molecule has 13 heavy (non-hydrogen) atoms. The average Bonchev–Trinajstić information content (AvgIpc) is 2.47. The van der Waals surface area contributed by atoms with E-state index in [1.807, 2.05) is 5.32 Å². The molecule has 0 aromatic heterocycles. The Bertz CT molecular complexity index is 230. The van der Waals surface area contributed by atoms with Crippen LogP contribution in [0.3, 0.4) is 0 Å². The number of amides is 1. The van der Waals surface area contributed by atoms with Gasteiger partial charge in [-0.1, -0.05) is 0 Å². The van der Waals surface area contributed by atoms with Crippen LogP contribution in [0.1, 0.15) is 0 Å². The number of hydrogen-bond acceptors (Lipinski definition) is 2. The number of rotatable bonds is 1. The van der Waals surface area contributed by atoms with Crippen molar-refractivity contribution in [2.24, 2.45) is 11.8 Å². The van der Waals surface area contributed by atoms with Gasteiger partial charge in [0.2, 0.25) is 0 Å². The highest BCUT2D eigenvalue weighted by molar-refractivity contribution is 5.82. The van der Waals surface area contributed by atoms with Crippen molar-refractivity contribution in [2.45, 2.75) is 12.2 Å². The van der Waals surface area contributed by atoms with Gasteiger partial charge in [0.1, 0.15) is 0 Å². The molecule has 1 aliphatic heterocycles. The Morgan fingerprint density at radius 3 is 2.31 bits per heavy atom. The third-order valence-corrected chi connectivity index (χ3v) is 2.51. The maximum absolute atomic E-state index is 11.8. The van der Waals surface area contributed by atoms with Crippen molar-refractivity contribution in [3.63, 3.8) is 0 Å². The third-order valence-electron chi connectivity index (χ3n) is 2.51. The van der Waals surface area contributed by atoms with Gasteiger partial charge in [-0.25, -0.2) is 0 Å². The maximum Gasteiger partial charge on any atom is 0.471 e. The van der Waals surface area contributed by atoms with Crippen LogP contribution in [0.25, 0.3) is 0 Å². The molecule has 2 fully saturated rings. The first-order valence-electron chi connectivity index (χ1n) is 3.95. The van der Waals surface area contributed by atoms with Gasteiger partial charge in [-0.05, 0) is 0 Å². The number of nitrogens with one attached hydrogen (secondary N) is 1. The third kappa shape index (κ3) is 1.50. The molecule has 2 aliphatic rings. The summed E-state index contributed by atoms with van der Waals surface area (Å²) in [5.41, 5.74) is 0. The molecule has 1 unspecified atom stereocenters. The molecule has 1 saturated carbocycles. The van der Waals surface area contributed by atoms with Crippen LogP contribution in [-0.2, 0) is 9.53 Å². The van der Waals surface area contributed by atoms with Crippen molar-refractivity contribution in [1.82, 2.24) is 5.32 Å². The Hall–Kier alpha value is -0.780. The largest absolute Gasteiger partial charge is 0.471 e. The second-order valence-electron chi connectivity index (χ2n) is 3.36. The first-order chi connectivity index (χ1) is 6.00. The average molecular weight is 195 g/mol. The van der Waals surface area contributed by atoms with Gasteiger partial charge in [0.05, 0.1) is 13.2 Å². The normalized spacial score (nSPS) is 37.0. The molecule has 1 amide bonds. The van der Waals surface area contributed by atoms with E-state index in [1.165, 1.54) is 0 Å². The van der Waals surface area contributed by atoms with Gasteiger partial charge in [0.15, 0.2) is 0 Å². The standard InChI is InChI=1S/C7H8F3NO2/c8-7(9,10)6(12)11-5-3-1-13-2-4(3)5/h3-5H,1-2H2,(H,11,12)/t3-,4+,5?. The quantitative estimate of drug-likeness (QED) is 0.653. The molecule has 0 radical (unpaired) electrons. The SMILES string of the molecule is O=C(NC1[C@H]2COC[C@@H]12)C(F)(F)F. The van der Waals surface area contributed by atoms with E-state index in [1.54, 1.807) is 0 Å². The lowest BCUT2D eigenvalue weighted by molar-refractivity contribution is -0.174. The van der Waals surface area contributed by atoms with E-state index >= 15 is 0 Å². The Kier molecular flexibility index (Phi) is 1.76. The van der Waals surface area contributed by atoms with E-state index in [0.717, 1.165) is 0 Å². The number of fused-ring (bicyclic) bond motifs is 1. The van der Waals surface area contributed by atoms with Gasteiger partial charge in [0.25, 0.3) is 0 Å². The van der Waals surface area contributed by atoms with Crippen LogP contribution >= 0.6 is 0 Å². The molecule has 0 aromatic carbocycles. The van der Waals surface area contributed by atoms with Crippen LogP contribution in [0.2, 0.25) is 0 Å². The molecule has 3 atom stereocenters. The van der Waals surface area contributed by atoms with E-state index in [4.69, 9.17) is 4.74 Å². The first-order valence-corrected chi connectivity index (χ1v) is 3.95.